The molecule has 1 fully saturated rings. The van der Waals surface area contributed by atoms with Gasteiger partial charge in [-0.1, -0.05) is 17.4 Å². The van der Waals surface area contributed by atoms with Gasteiger partial charge in [0, 0.05) is 24.7 Å². The summed E-state index contributed by atoms with van der Waals surface area (Å²) >= 11 is 2.54. The van der Waals surface area contributed by atoms with Crippen LogP contribution in [0.15, 0.2) is 29.8 Å². The van der Waals surface area contributed by atoms with Crippen molar-refractivity contribution in [3.05, 3.63) is 35.3 Å². The van der Waals surface area contributed by atoms with Crippen molar-refractivity contribution >= 4 is 49.1 Å². The molecule has 2 aromatic heterocycles. The van der Waals surface area contributed by atoms with Crippen molar-refractivity contribution in [2.75, 3.05) is 23.3 Å². The van der Waals surface area contributed by atoms with Crippen LogP contribution in [0.1, 0.15) is 5.56 Å². The topological polar surface area (TPSA) is 58.1 Å². The third kappa shape index (κ3) is 3.07. The van der Waals surface area contributed by atoms with Gasteiger partial charge in [-0.15, -0.1) is 11.3 Å². The Hall–Kier alpha value is -2.20. The maximum atomic E-state index is 13.1. The Balaban J connectivity index is 1.48. The van der Waals surface area contributed by atoms with Crippen LogP contribution in [0, 0.1) is 5.92 Å². The first-order chi connectivity index (χ1) is 11.9. The van der Waals surface area contributed by atoms with Gasteiger partial charge in [0.25, 0.3) is 0 Å². The van der Waals surface area contributed by atoms with E-state index >= 15 is 0 Å². The molecule has 0 spiro atoms. The number of carbonyl (C=O) groups excluding carboxylic acids is 1. The van der Waals surface area contributed by atoms with Gasteiger partial charge in [0.15, 0.2) is 10.3 Å². The number of thiazole rings is 2. The summed E-state index contributed by atoms with van der Waals surface area (Å²) in [6.45, 7) is 0.858. The van der Waals surface area contributed by atoms with Gasteiger partial charge in [-0.25, -0.2) is 9.97 Å². The fourth-order valence-corrected chi connectivity index (χ4v) is 4.14. The lowest BCUT2D eigenvalue weighted by Crippen LogP contribution is -2.52. The maximum Gasteiger partial charge on any atom is 0.418 e. The van der Waals surface area contributed by atoms with Crippen LogP contribution < -0.4 is 10.2 Å². The first kappa shape index (κ1) is 16.3. The van der Waals surface area contributed by atoms with Gasteiger partial charge in [-0.2, -0.15) is 13.2 Å². The van der Waals surface area contributed by atoms with Crippen LogP contribution in [0.3, 0.4) is 0 Å². The molecule has 1 amide bonds. The third-order valence-electron chi connectivity index (χ3n) is 3.90. The van der Waals surface area contributed by atoms with Crippen LogP contribution in [0.4, 0.5) is 23.4 Å². The standard InChI is InChI=1S/C15H11F3N4OS2/c16-15(17,18)9-2-1-3-10-11(9)20-14(25-10)22-6-8(7-22)12(23)21-13-19-4-5-24-13/h1-5,8H,6-7H2,(H,19,21,23). The minimum atomic E-state index is -4.43. The second-order valence-corrected chi connectivity index (χ2v) is 7.48. The molecule has 10 heteroatoms. The van der Waals surface area contributed by atoms with E-state index < -0.39 is 11.7 Å². The van der Waals surface area contributed by atoms with Crippen LogP contribution in [-0.2, 0) is 11.0 Å². The van der Waals surface area contributed by atoms with Crippen molar-refractivity contribution in [2.24, 2.45) is 5.92 Å². The molecule has 130 valence electrons. The summed E-state index contributed by atoms with van der Waals surface area (Å²) in [5.41, 5.74) is -0.767. The molecule has 0 radical (unpaired) electrons. The number of aromatic nitrogens is 2. The Bertz CT molecular complexity index is 917. The molecule has 1 N–H and O–H groups in total. The molecule has 4 rings (SSSR count). The molecule has 0 saturated carbocycles. The lowest BCUT2D eigenvalue weighted by Gasteiger charge is -2.37. The first-order valence-corrected chi connectivity index (χ1v) is 9.03. The fraction of sp³-hybridized carbons (Fsp3) is 0.267. The monoisotopic (exact) mass is 384 g/mol. The number of amides is 1. The smallest absolute Gasteiger partial charge is 0.346 e. The first-order valence-electron chi connectivity index (χ1n) is 7.34. The average molecular weight is 384 g/mol. The second-order valence-electron chi connectivity index (χ2n) is 5.57. The number of para-hydroxylation sites is 1. The predicted molar refractivity (Wildman–Crippen MR) is 91.1 cm³/mol. The minimum absolute atomic E-state index is 0.0364. The predicted octanol–water partition coefficient (Wildman–Crippen LogP) is 3.85. The van der Waals surface area contributed by atoms with E-state index in [2.05, 4.69) is 15.3 Å². The summed E-state index contributed by atoms with van der Waals surface area (Å²) in [6.07, 6.45) is -2.83. The van der Waals surface area contributed by atoms with Crippen molar-refractivity contribution in [1.82, 2.24) is 9.97 Å². The summed E-state index contributed by atoms with van der Waals surface area (Å²) in [6, 6.07) is 4.04. The van der Waals surface area contributed by atoms with Gasteiger partial charge in [0.05, 0.1) is 21.7 Å². The van der Waals surface area contributed by atoms with E-state index in [1.807, 2.05) is 4.90 Å². The fourth-order valence-electron chi connectivity index (χ4n) is 2.59. The van der Waals surface area contributed by atoms with E-state index in [0.29, 0.717) is 28.1 Å². The number of benzene rings is 1. The minimum Gasteiger partial charge on any atom is -0.346 e. The van der Waals surface area contributed by atoms with Crippen LogP contribution in [-0.4, -0.2) is 29.0 Å². The number of fused-ring (bicyclic) bond motifs is 1. The number of alkyl halides is 3. The summed E-state index contributed by atoms with van der Waals surface area (Å²) in [5, 5.41) is 5.54. The van der Waals surface area contributed by atoms with Crippen molar-refractivity contribution in [2.45, 2.75) is 6.18 Å². The molecule has 0 bridgehead atoms. The lowest BCUT2D eigenvalue weighted by molar-refractivity contribution is -0.136. The highest BCUT2D eigenvalue weighted by molar-refractivity contribution is 7.22. The Kier molecular flexibility index (Phi) is 3.88. The molecule has 3 aromatic rings. The summed E-state index contributed by atoms with van der Waals surface area (Å²) in [5.74, 6) is -0.360. The number of hydrogen-bond donors (Lipinski definition) is 1. The number of rotatable bonds is 3. The van der Waals surface area contributed by atoms with Gasteiger partial charge in [-0.05, 0) is 12.1 Å². The highest BCUT2D eigenvalue weighted by Crippen LogP contribution is 2.39. The van der Waals surface area contributed by atoms with Crippen LogP contribution in [0.25, 0.3) is 10.2 Å². The third-order valence-corrected chi connectivity index (χ3v) is 5.67. The zero-order chi connectivity index (χ0) is 17.6. The van der Waals surface area contributed by atoms with Gasteiger partial charge >= 0.3 is 6.18 Å². The second kappa shape index (κ2) is 5.95. The Morgan fingerprint density at radius 3 is 2.80 bits per heavy atom. The molecule has 3 heterocycles. The number of halogens is 3. The number of carbonyl (C=O) groups is 1. The van der Waals surface area contributed by atoms with Crippen molar-refractivity contribution in [3.63, 3.8) is 0 Å². The quantitative estimate of drug-likeness (QED) is 0.745. The number of hydrogen-bond acceptors (Lipinski definition) is 6. The molecular weight excluding hydrogens is 373 g/mol. The van der Waals surface area contributed by atoms with Crippen LogP contribution in [0.2, 0.25) is 0 Å². The zero-order valence-electron chi connectivity index (χ0n) is 12.6. The van der Waals surface area contributed by atoms with Crippen molar-refractivity contribution in [3.8, 4) is 0 Å². The van der Waals surface area contributed by atoms with E-state index in [0.717, 1.165) is 6.07 Å². The molecule has 1 aromatic carbocycles. The van der Waals surface area contributed by atoms with E-state index in [1.54, 1.807) is 17.6 Å². The van der Waals surface area contributed by atoms with Crippen molar-refractivity contribution in [1.29, 1.82) is 0 Å². The van der Waals surface area contributed by atoms with Gasteiger partial charge in [0.2, 0.25) is 5.91 Å². The molecule has 5 nitrogen and oxygen atoms in total. The molecule has 25 heavy (non-hydrogen) atoms. The normalized spacial score (nSPS) is 15.4. The maximum absolute atomic E-state index is 13.1. The van der Waals surface area contributed by atoms with Gasteiger partial charge in [0.1, 0.15) is 0 Å². The molecule has 0 unspecified atom stereocenters. The van der Waals surface area contributed by atoms with Gasteiger partial charge < -0.3 is 10.2 Å². The summed E-state index contributed by atoms with van der Waals surface area (Å²) < 4.78 is 39.7. The van der Waals surface area contributed by atoms with Crippen LogP contribution >= 0.6 is 22.7 Å². The molecule has 0 aliphatic carbocycles. The molecule has 1 saturated heterocycles. The Morgan fingerprint density at radius 1 is 1.32 bits per heavy atom. The zero-order valence-corrected chi connectivity index (χ0v) is 14.2. The molecular formula is C15H11F3N4OS2. The average Bonchev–Trinajstić information content (AvgIpc) is 3.12. The van der Waals surface area contributed by atoms with E-state index in [-0.39, 0.29) is 17.3 Å². The van der Waals surface area contributed by atoms with Gasteiger partial charge in [-0.3, -0.25) is 4.79 Å². The van der Waals surface area contributed by atoms with E-state index in [4.69, 9.17) is 0 Å². The lowest BCUT2D eigenvalue weighted by atomic mass is 10.0. The van der Waals surface area contributed by atoms with E-state index in [1.165, 1.54) is 28.7 Å². The molecule has 0 atom stereocenters. The number of nitrogens with zero attached hydrogens (tertiary/aromatic N) is 3. The van der Waals surface area contributed by atoms with E-state index in [9.17, 15) is 18.0 Å². The highest BCUT2D eigenvalue weighted by Gasteiger charge is 2.37. The largest absolute Gasteiger partial charge is 0.418 e. The SMILES string of the molecule is O=C(Nc1nccs1)C1CN(c2nc3c(C(F)(F)F)cccc3s2)C1. The highest BCUT2D eigenvalue weighted by atomic mass is 32.1. The Morgan fingerprint density at radius 2 is 2.12 bits per heavy atom. The number of anilines is 2. The molecule has 1 aliphatic rings. The number of nitrogens with one attached hydrogen (secondary N) is 1. The molecule has 1 aliphatic heterocycles. The summed E-state index contributed by atoms with van der Waals surface area (Å²) in [4.78, 5) is 22.1. The Labute approximate surface area is 148 Å². The van der Waals surface area contributed by atoms with Crippen molar-refractivity contribution < 1.29 is 18.0 Å². The summed E-state index contributed by atoms with van der Waals surface area (Å²) in [7, 11) is 0. The van der Waals surface area contributed by atoms with Crippen LogP contribution in [0.5, 0.6) is 0 Å².